The highest BCUT2D eigenvalue weighted by Gasteiger charge is 2.18. The normalized spacial score (nSPS) is 17.7. The lowest BCUT2D eigenvalue weighted by Crippen LogP contribution is -2.35. The van der Waals surface area contributed by atoms with Gasteiger partial charge in [-0.15, -0.1) is 0 Å². The summed E-state index contributed by atoms with van der Waals surface area (Å²) < 4.78 is 5.84. The van der Waals surface area contributed by atoms with Gasteiger partial charge >= 0.3 is 0 Å². The number of ether oxygens (including phenoxy) is 1. The zero-order chi connectivity index (χ0) is 12.3. The molecule has 4 nitrogen and oxygen atoms in total. The van der Waals surface area contributed by atoms with E-state index in [2.05, 4.69) is 23.0 Å². The van der Waals surface area contributed by atoms with E-state index < -0.39 is 0 Å². The van der Waals surface area contributed by atoms with Crippen LogP contribution < -0.4 is 4.74 Å². The highest BCUT2D eigenvalue weighted by Crippen LogP contribution is 2.18. The molecule has 1 fully saturated rings. The highest BCUT2D eigenvalue weighted by molar-refractivity contribution is 5.34. The molecule has 2 heterocycles. The number of hydrogen-bond acceptors (Lipinski definition) is 4. The van der Waals surface area contributed by atoms with Gasteiger partial charge in [0.2, 0.25) is 5.88 Å². The predicted molar refractivity (Wildman–Crippen MR) is 64.8 cm³/mol. The van der Waals surface area contributed by atoms with Crippen molar-refractivity contribution < 1.29 is 4.74 Å². The van der Waals surface area contributed by atoms with Crippen LogP contribution >= 0.6 is 0 Å². The topological polar surface area (TPSA) is 49.1 Å². The second kappa shape index (κ2) is 5.15. The number of rotatable bonds is 2. The lowest BCUT2D eigenvalue weighted by Gasteiger charge is -2.28. The van der Waals surface area contributed by atoms with Gasteiger partial charge in [-0.3, -0.25) is 0 Å². The van der Waals surface area contributed by atoms with Crippen molar-refractivity contribution in [1.29, 1.82) is 5.26 Å². The first-order valence-corrected chi connectivity index (χ1v) is 5.91. The van der Waals surface area contributed by atoms with Crippen LogP contribution in [0.15, 0.2) is 12.1 Å². The number of hydrogen-bond donors (Lipinski definition) is 0. The van der Waals surface area contributed by atoms with Crippen molar-refractivity contribution in [3.05, 3.63) is 23.4 Å². The SMILES string of the molecule is Cc1cc(C#N)cc(OC2CCN(C)CC2)n1. The summed E-state index contributed by atoms with van der Waals surface area (Å²) >= 11 is 0. The van der Waals surface area contributed by atoms with Crippen LogP contribution in [0.2, 0.25) is 0 Å². The van der Waals surface area contributed by atoms with Crippen molar-refractivity contribution in [3.8, 4) is 11.9 Å². The smallest absolute Gasteiger partial charge is 0.215 e. The largest absolute Gasteiger partial charge is 0.474 e. The highest BCUT2D eigenvalue weighted by atomic mass is 16.5. The van der Waals surface area contributed by atoms with Crippen molar-refractivity contribution in [1.82, 2.24) is 9.88 Å². The summed E-state index contributed by atoms with van der Waals surface area (Å²) in [6.07, 6.45) is 2.27. The number of nitrogens with zero attached hydrogens (tertiary/aromatic N) is 3. The minimum atomic E-state index is 0.229. The summed E-state index contributed by atoms with van der Waals surface area (Å²) in [5.74, 6) is 0.580. The van der Waals surface area contributed by atoms with Crippen molar-refractivity contribution >= 4 is 0 Å². The van der Waals surface area contributed by atoms with Gasteiger partial charge in [-0.05, 0) is 32.9 Å². The Morgan fingerprint density at radius 3 is 2.76 bits per heavy atom. The van der Waals surface area contributed by atoms with Crippen LogP contribution in [0.5, 0.6) is 5.88 Å². The number of pyridine rings is 1. The molecule has 0 unspecified atom stereocenters. The second-order valence-electron chi connectivity index (χ2n) is 4.57. The Bertz CT molecular complexity index is 431. The van der Waals surface area contributed by atoms with Crippen LogP contribution in [0.1, 0.15) is 24.1 Å². The van der Waals surface area contributed by atoms with E-state index in [1.54, 1.807) is 12.1 Å². The Kier molecular flexibility index (Phi) is 3.60. The van der Waals surface area contributed by atoms with Crippen molar-refractivity contribution in [2.45, 2.75) is 25.9 Å². The molecule has 4 heteroatoms. The minimum Gasteiger partial charge on any atom is -0.474 e. The van der Waals surface area contributed by atoms with Gasteiger partial charge in [0, 0.05) is 24.8 Å². The molecule has 90 valence electrons. The lowest BCUT2D eigenvalue weighted by molar-refractivity contribution is 0.110. The van der Waals surface area contributed by atoms with Gasteiger partial charge in [0.05, 0.1) is 11.6 Å². The summed E-state index contributed by atoms with van der Waals surface area (Å²) in [4.78, 5) is 6.60. The maximum Gasteiger partial charge on any atom is 0.215 e. The molecule has 2 rings (SSSR count). The van der Waals surface area contributed by atoms with Crippen molar-refractivity contribution in [2.75, 3.05) is 20.1 Å². The van der Waals surface area contributed by atoms with Crippen LogP contribution in [0.3, 0.4) is 0 Å². The number of piperidine rings is 1. The van der Waals surface area contributed by atoms with Gasteiger partial charge in [0.1, 0.15) is 6.10 Å². The van der Waals surface area contributed by atoms with E-state index in [-0.39, 0.29) is 6.10 Å². The molecule has 0 atom stereocenters. The number of likely N-dealkylation sites (tertiary alicyclic amines) is 1. The van der Waals surface area contributed by atoms with Crippen LogP contribution in [0.25, 0.3) is 0 Å². The first-order chi connectivity index (χ1) is 8.17. The molecule has 0 aliphatic carbocycles. The third kappa shape index (κ3) is 3.18. The molecule has 1 saturated heterocycles. The van der Waals surface area contributed by atoms with E-state index in [0.29, 0.717) is 11.4 Å². The molecule has 0 spiro atoms. The average molecular weight is 231 g/mol. The van der Waals surface area contributed by atoms with E-state index in [4.69, 9.17) is 10.00 Å². The molecule has 0 bridgehead atoms. The maximum absolute atomic E-state index is 8.89. The molecule has 0 saturated carbocycles. The third-order valence-electron chi connectivity index (χ3n) is 3.01. The molecule has 1 aromatic heterocycles. The molecule has 0 radical (unpaired) electrons. The quantitative estimate of drug-likeness (QED) is 0.778. The summed E-state index contributed by atoms with van der Waals surface area (Å²) in [6.45, 7) is 3.99. The van der Waals surface area contributed by atoms with Gasteiger partial charge in [0.15, 0.2) is 0 Å². The van der Waals surface area contributed by atoms with Gasteiger partial charge in [-0.2, -0.15) is 5.26 Å². The van der Waals surface area contributed by atoms with Gasteiger partial charge < -0.3 is 9.64 Å². The van der Waals surface area contributed by atoms with Crippen LogP contribution in [-0.4, -0.2) is 36.1 Å². The van der Waals surface area contributed by atoms with E-state index >= 15 is 0 Å². The first-order valence-electron chi connectivity index (χ1n) is 5.91. The molecular weight excluding hydrogens is 214 g/mol. The summed E-state index contributed by atoms with van der Waals surface area (Å²) in [5.41, 5.74) is 1.44. The molecule has 1 aliphatic rings. The zero-order valence-corrected chi connectivity index (χ0v) is 10.3. The van der Waals surface area contributed by atoms with Crippen molar-refractivity contribution in [2.24, 2.45) is 0 Å². The molecule has 0 N–H and O–H groups in total. The number of nitriles is 1. The zero-order valence-electron chi connectivity index (χ0n) is 10.3. The third-order valence-corrected chi connectivity index (χ3v) is 3.01. The van der Waals surface area contributed by atoms with E-state index in [0.717, 1.165) is 31.6 Å². The van der Waals surface area contributed by atoms with Crippen molar-refractivity contribution in [3.63, 3.8) is 0 Å². The molecule has 1 aromatic rings. The Labute approximate surface area is 102 Å². The predicted octanol–water partition coefficient (Wildman–Crippen LogP) is 1.73. The first kappa shape index (κ1) is 11.9. The Hall–Kier alpha value is -1.60. The van der Waals surface area contributed by atoms with Gasteiger partial charge in [-0.1, -0.05) is 0 Å². The van der Waals surface area contributed by atoms with Gasteiger partial charge in [0.25, 0.3) is 0 Å². The molecule has 1 aliphatic heterocycles. The minimum absolute atomic E-state index is 0.229. The standard InChI is InChI=1S/C13H17N3O/c1-10-7-11(9-14)8-13(15-10)17-12-3-5-16(2)6-4-12/h7-8,12H,3-6H2,1-2H3. The monoisotopic (exact) mass is 231 g/mol. The summed E-state index contributed by atoms with van der Waals surface area (Å²) in [5, 5.41) is 8.89. The second-order valence-corrected chi connectivity index (χ2v) is 4.57. The summed E-state index contributed by atoms with van der Waals surface area (Å²) in [7, 11) is 2.12. The lowest BCUT2D eigenvalue weighted by atomic mass is 10.1. The van der Waals surface area contributed by atoms with Crippen LogP contribution in [0, 0.1) is 18.3 Å². The van der Waals surface area contributed by atoms with E-state index in [1.165, 1.54) is 0 Å². The molecular formula is C13H17N3O. The Morgan fingerprint density at radius 1 is 1.41 bits per heavy atom. The number of aryl methyl sites for hydroxylation is 1. The Balaban J connectivity index is 2.03. The number of aromatic nitrogens is 1. The fraction of sp³-hybridized carbons (Fsp3) is 0.538. The fourth-order valence-corrected chi connectivity index (χ4v) is 2.04. The van der Waals surface area contributed by atoms with Gasteiger partial charge in [-0.25, -0.2) is 4.98 Å². The average Bonchev–Trinajstić information content (AvgIpc) is 2.31. The maximum atomic E-state index is 8.89. The molecule has 17 heavy (non-hydrogen) atoms. The molecule has 0 aromatic carbocycles. The Morgan fingerprint density at radius 2 is 2.12 bits per heavy atom. The fourth-order valence-electron chi connectivity index (χ4n) is 2.04. The summed E-state index contributed by atoms with van der Waals surface area (Å²) in [6, 6.07) is 5.60. The van der Waals surface area contributed by atoms with E-state index in [9.17, 15) is 0 Å². The van der Waals surface area contributed by atoms with Crippen LogP contribution in [-0.2, 0) is 0 Å². The van der Waals surface area contributed by atoms with Crippen LogP contribution in [0.4, 0.5) is 0 Å². The molecule has 0 amide bonds. The van der Waals surface area contributed by atoms with E-state index in [1.807, 2.05) is 6.92 Å².